The summed E-state index contributed by atoms with van der Waals surface area (Å²) in [5, 5.41) is 3.65. The van der Waals surface area contributed by atoms with Crippen molar-refractivity contribution in [1.29, 1.82) is 0 Å². The molecule has 0 aliphatic rings. The van der Waals surface area contributed by atoms with Crippen LogP contribution < -0.4 is 9.81 Å². The van der Waals surface area contributed by atoms with Gasteiger partial charge in [0.1, 0.15) is 0 Å². The van der Waals surface area contributed by atoms with Crippen molar-refractivity contribution in [3.05, 3.63) is 91.4 Å². The molecule has 3 heterocycles. The minimum atomic E-state index is -2.98. The van der Waals surface area contributed by atoms with Gasteiger partial charge in [-0.25, -0.2) is 0 Å². The molecule has 0 spiro atoms. The van der Waals surface area contributed by atoms with Gasteiger partial charge >= 0.3 is 369 Å². The van der Waals surface area contributed by atoms with E-state index in [2.05, 4.69) is 240 Å². The molecule has 6 rings (SSSR count). The standard InChI is InChI=1S/3C16H21NOSi.Bi/c3*1-12(15(2,3)4)16(5,18-19)17-11-10-13-8-6-7-9-14(13)17;/h3*7-12H,1-5H3;. The first-order chi connectivity index (χ1) is 26.9. The maximum absolute atomic E-state index is 6.16. The van der Waals surface area contributed by atoms with Crippen LogP contribution in [0.15, 0.2) is 91.4 Å². The minimum absolute atomic E-state index is 0.0277. The molecule has 9 radical (unpaired) electrons. The van der Waals surface area contributed by atoms with Crippen molar-refractivity contribution in [2.75, 3.05) is 0 Å². The second-order valence-electron chi connectivity index (χ2n) is 20.4. The molecule has 6 aromatic rings. The zero-order chi connectivity index (χ0) is 43.0. The molecule has 6 nitrogen and oxygen atoms in total. The van der Waals surface area contributed by atoms with E-state index in [0.717, 1.165) is 16.6 Å². The normalized spacial score (nSPS) is 18.1. The molecule has 0 bridgehead atoms. The Morgan fingerprint density at radius 2 is 0.655 bits per heavy atom. The van der Waals surface area contributed by atoms with Gasteiger partial charge in [0, 0.05) is 0 Å². The van der Waals surface area contributed by atoms with E-state index in [4.69, 9.17) is 13.3 Å². The Kier molecular flexibility index (Phi) is 12.4. The van der Waals surface area contributed by atoms with Crippen LogP contribution in [0.3, 0.4) is 0 Å². The molecule has 10 heteroatoms. The molecule has 3 aromatic carbocycles. The van der Waals surface area contributed by atoms with Crippen molar-refractivity contribution in [3.8, 4) is 0 Å². The third-order valence-electron chi connectivity index (χ3n) is 14.2. The Morgan fingerprint density at radius 1 is 0.414 bits per heavy atom. The van der Waals surface area contributed by atoms with E-state index in [1.54, 1.807) is 0 Å². The van der Waals surface area contributed by atoms with Crippen molar-refractivity contribution in [1.82, 2.24) is 13.7 Å². The molecule has 58 heavy (non-hydrogen) atoms. The summed E-state index contributed by atoms with van der Waals surface area (Å²) in [4.78, 5) is 0. The van der Waals surface area contributed by atoms with Crippen molar-refractivity contribution in [3.63, 3.8) is 0 Å². The Bertz CT molecular complexity index is 2150. The summed E-state index contributed by atoms with van der Waals surface area (Å²) < 4.78 is 29.7. The Balaban J connectivity index is 1.53. The first kappa shape index (κ1) is 45.2. The summed E-state index contributed by atoms with van der Waals surface area (Å²) in [6.07, 6.45) is 6.56. The van der Waals surface area contributed by atoms with Crippen LogP contribution >= 0.6 is 0 Å². The summed E-state index contributed by atoms with van der Waals surface area (Å²) >= 11 is -2.98. The molecule has 0 saturated heterocycles. The summed E-state index contributed by atoms with van der Waals surface area (Å²) in [5.41, 5.74) is 1.79. The van der Waals surface area contributed by atoms with Gasteiger partial charge < -0.3 is 0 Å². The average molecular weight is 1020 g/mol. The third-order valence-corrected chi connectivity index (χ3v) is 24.7. The fourth-order valence-corrected chi connectivity index (χ4v) is 18.9. The van der Waals surface area contributed by atoms with Gasteiger partial charge in [-0.1, -0.05) is 0 Å². The predicted octanol–water partition coefficient (Wildman–Crippen LogP) is 9.43. The van der Waals surface area contributed by atoms with Crippen LogP contribution in [0.2, 0.25) is 0 Å². The summed E-state index contributed by atoms with van der Waals surface area (Å²) in [5.74, 6) is 0.635. The van der Waals surface area contributed by atoms with E-state index in [0.29, 0.717) is 0 Å². The monoisotopic (exact) mass is 1020 g/mol. The fraction of sp³-hybridized carbons (Fsp3) is 0.500. The van der Waals surface area contributed by atoms with Crippen LogP contribution in [0.25, 0.3) is 32.7 Å². The van der Waals surface area contributed by atoms with E-state index in [1.165, 1.54) is 26.0 Å². The quantitative estimate of drug-likeness (QED) is 0.115. The summed E-state index contributed by atoms with van der Waals surface area (Å²) in [6, 6.07) is 28.2. The summed E-state index contributed by atoms with van der Waals surface area (Å²) in [6.45, 7) is 33.8. The van der Waals surface area contributed by atoms with Crippen LogP contribution in [0, 0.1) is 34.0 Å². The van der Waals surface area contributed by atoms with E-state index >= 15 is 0 Å². The van der Waals surface area contributed by atoms with Gasteiger partial charge in [-0.2, -0.15) is 0 Å². The van der Waals surface area contributed by atoms with Gasteiger partial charge in [-0.3, -0.25) is 0 Å². The number of benzene rings is 3. The van der Waals surface area contributed by atoms with Gasteiger partial charge in [0.15, 0.2) is 0 Å². The van der Waals surface area contributed by atoms with Gasteiger partial charge in [0.25, 0.3) is 0 Å². The molecule has 0 aliphatic heterocycles. The SMILES string of the molecule is CC(C(C)(C)C)C(C)(O[Si])n1ccc2c[c]([Bi]([c]3ccc4c(ccn4C(C)(O[Si])C(C)C(C)(C)C)c3)[c]3ccc4c(ccn4C(C)(O[Si])C(C)C(C)(C)C)c3)ccc21. The Labute approximate surface area is 366 Å². The van der Waals surface area contributed by atoms with Crippen molar-refractivity contribution in [2.45, 2.75) is 121 Å². The molecule has 3 aromatic heterocycles. The number of rotatable bonds is 12. The summed E-state index contributed by atoms with van der Waals surface area (Å²) in [7, 11) is 10.5. The first-order valence-corrected chi connectivity index (χ1v) is 27.0. The Morgan fingerprint density at radius 3 is 0.862 bits per heavy atom. The molecule has 0 saturated carbocycles. The van der Waals surface area contributed by atoms with E-state index in [9.17, 15) is 0 Å². The number of aromatic nitrogens is 3. The second kappa shape index (κ2) is 15.9. The fourth-order valence-electron chi connectivity index (χ4n) is 8.86. The van der Waals surface area contributed by atoms with E-state index in [-0.39, 0.29) is 34.0 Å². The van der Waals surface area contributed by atoms with Crippen molar-refractivity contribution in [2.24, 2.45) is 34.0 Å². The average Bonchev–Trinajstić information content (AvgIpc) is 3.92. The zero-order valence-corrected chi connectivity index (χ0v) is 43.9. The predicted molar refractivity (Wildman–Crippen MR) is 248 cm³/mol. The molecular formula is C48H63BiN3O3Si3. The van der Waals surface area contributed by atoms with Gasteiger partial charge in [0.2, 0.25) is 0 Å². The molecule has 6 atom stereocenters. The van der Waals surface area contributed by atoms with Gasteiger partial charge in [-0.05, 0) is 0 Å². The first-order valence-electron chi connectivity index (χ1n) is 20.6. The number of fused-ring (bicyclic) bond motifs is 3. The number of hydrogen-bond donors (Lipinski definition) is 0. The van der Waals surface area contributed by atoms with Gasteiger partial charge in [0.05, 0.1) is 0 Å². The van der Waals surface area contributed by atoms with Crippen molar-refractivity contribution >= 4 is 95.7 Å². The van der Waals surface area contributed by atoms with E-state index < -0.39 is 38.9 Å². The molecule has 0 aliphatic carbocycles. The van der Waals surface area contributed by atoms with Gasteiger partial charge in [-0.15, -0.1) is 0 Å². The number of hydrogen-bond acceptors (Lipinski definition) is 3. The van der Waals surface area contributed by atoms with E-state index in [1.807, 2.05) is 0 Å². The Hall–Kier alpha value is -2.31. The molecule has 0 N–H and O–H groups in total. The topological polar surface area (TPSA) is 42.5 Å². The van der Waals surface area contributed by atoms with Crippen LogP contribution in [-0.4, -0.2) is 66.9 Å². The third kappa shape index (κ3) is 7.75. The van der Waals surface area contributed by atoms with Crippen LogP contribution in [-0.2, 0) is 30.5 Å². The van der Waals surface area contributed by atoms with Crippen LogP contribution in [0.5, 0.6) is 0 Å². The molecular weight excluding hydrogens is 960 g/mol. The van der Waals surface area contributed by atoms with Crippen molar-refractivity contribution < 1.29 is 13.3 Å². The zero-order valence-electron chi connectivity index (χ0n) is 37.4. The molecule has 305 valence electrons. The second-order valence-corrected chi connectivity index (χ2v) is 29.6. The molecule has 0 fully saturated rings. The maximum atomic E-state index is 6.16. The number of nitrogens with zero attached hydrogens (tertiary/aromatic N) is 3. The van der Waals surface area contributed by atoms with Crippen LogP contribution in [0.4, 0.5) is 0 Å². The van der Waals surface area contributed by atoms with Crippen LogP contribution in [0.1, 0.15) is 104 Å². The molecule has 6 unspecified atom stereocenters. The molecule has 0 amide bonds.